The smallest absolute Gasteiger partial charge is 0.225 e. The molecule has 1 amide bonds. The SMILES string of the molecule is COc1ccc(-n2nc(CC(N)=O)nc2[C@@H]2CCCCCN2C)cc1. The van der Waals surface area contributed by atoms with Gasteiger partial charge in [0.05, 0.1) is 25.3 Å². The fourth-order valence-electron chi connectivity index (χ4n) is 3.31. The first-order valence-electron chi connectivity index (χ1n) is 8.67. The van der Waals surface area contributed by atoms with E-state index in [0.717, 1.165) is 36.6 Å². The largest absolute Gasteiger partial charge is 0.497 e. The summed E-state index contributed by atoms with van der Waals surface area (Å²) < 4.78 is 7.07. The lowest BCUT2D eigenvalue weighted by Crippen LogP contribution is -2.26. The highest BCUT2D eigenvalue weighted by molar-refractivity contribution is 5.75. The lowest BCUT2D eigenvalue weighted by atomic mass is 10.1. The van der Waals surface area contributed by atoms with Crippen molar-refractivity contribution in [3.63, 3.8) is 0 Å². The Morgan fingerprint density at radius 3 is 2.72 bits per heavy atom. The monoisotopic (exact) mass is 343 g/mol. The highest BCUT2D eigenvalue weighted by Gasteiger charge is 2.26. The van der Waals surface area contributed by atoms with Gasteiger partial charge in [-0.15, -0.1) is 0 Å². The molecule has 1 fully saturated rings. The van der Waals surface area contributed by atoms with Gasteiger partial charge in [-0.05, 0) is 50.7 Å². The number of benzene rings is 1. The lowest BCUT2D eigenvalue weighted by molar-refractivity contribution is -0.117. The number of methoxy groups -OCH3 is 1. The standard InChI is InChI=1S/C18H25N5O2/c1-22-11-5-3-4-6-15(22)18-20-17(12-16(19)24)21-23(18)13-7-9-14(25-2)10-8-13/h7-10,15H,3-6,11-12H2,1-2H3,(H2,19,24)/t15-/m0/s1. The van der Waals surface area contributed by atoms with Gasteiger partial charge in [0.15, 0.2) is 5.82 Å². The Kier molecular flexibility index (Phi) is 5.33. The van der Waals surface area contributed by atoms with Crippen LogP contribution in [-0.4, -0.2) is 46.3 Å². The Hall–Kier alpha value is -2.41. The summed E-state index contributed by atoms with van der Waals surface area (Å²) in [7, 11) is 3.76. The number of carbonyl (C=O) groups excluding carboxylic acids is 1. The predicted molar refractivity (Wildman–Crippen MR) is 94.6 cm³/mol. The number of ether oxygens (including phenoxy) is 1. The number of likely N-dealkylation sites (tertiary alicyclic amines) is 1. The van der Waals surface area contributed by atoms with Crippen molar-refractivity contribution in [1.82, 2.24) is 19.7 Å². The fraction of sp³-hybridized carbons (Fsp3) is 0.500. The van der Waals surface area contributed by atoms with E-state index in [9.17, 15) is 4.79 Å². The molecular formula is C18H25N5O2. The summed E-state index contributed by atoms with van der Waals surface area (Å²) in [5.74, 6) is 1.70. The minimum atomic E-state index is -0.423. The van der Waals surface area contributed by atoms with Crippen molar-refractivity contribution in [2.75, 3.05) is 20.7 Å². The van der Waals surface area contributed by atoms with Crippen molar-refractivity contribution in [3.05, 3.63) is 35.9 Å². The molecule has 7 heteroatoms. The number of amides is 1. The Morgan fingerprint density at radius 1 is 1.28 bits per heavy atom. The summed E-state index contributed by atoms with van der Waals surface area (Å²) in [6.07, 6.45) is 4.66. The highest BCUT2D eigenvalue weighted by atomic mass is 16.5. The van der Waals surface area contributed by atoms with Gasteiger partial charge in [0, 0.05) is 0 Å². The van der Waals surface area contributed by atoms with Crippen molar-refractivity contribution in [2.24, 2.45) is 5.73 Å². The summed E-state index contributed by atoms with van der Waals surface area (Å²) in [6.45, 7) is 1.03. The molecule has 0 spiro atoms. The average molecular weight is 343 g/mol. The first-order valence-corrected chi connectivity index (χ1v) is 8.67. The topological polar surface area (TPSA) is 86.3 Å². The molecule has 1 aliphatic heterocycles. The van der Waals surface area contributed by atoms with Crippen LogP contribution < -0.4 is 10.5 Å². The van der Waals surface area contributed by atoms with E-state index in [4.69, 9.17) is 10.5 Å². The van der Waals surface area contributed by atoms with Crippen LogP contribution in [0.4, 0.5) is 0 Å². The number of aromatic nitrogens is 3. The molecule has 0 aliphatic carbocycles. The van der Waals surface area contributed by atoms with Gasteiger partial charge >= 0.3 is 0 Å². The maximum atomic E-state index is 11.3. The van der Waals surface area contributed by atoms with E-state index in [1.54, 1.807) is 7.11 Å². The Labute approximate surface area is 147 Å². The molecular weight excluding hydrogens is 318 g/mol. The summed E-state index contributed by atoms with van der Waals surface area (Å²) in [4.78, 5) is 18.3. The number of nitrogens with two attached hydrogens (primary N) is 1. The Balaban J connectivity index is 2.01. The van der Waals surface area contributed by atoms with E-state index in [1.807, 2.05) is 28.9 Å². The van der Waals surface area contributed by atoms with Crippen LogP contribution in [0.1, 0.15) is 43.4 Å². The first-order chi connectivity index (χ1) is 12.1. The quantitative estimate of drug-likeness (QED) is 0.895. The molecule has 0 unspecified atom stereocenters. The van der Waals surface area contributed by atoms with Crippen LogP contribution in [-0.2, 0) is 11.2 Å². The van der Waals surface area contributed by atoms with Crippen LogP contribution in [0.3, 0.4) is 0 Å². The molecule has 1 aliphatic rings. The molecule has 1 aromatic carbocycles. The van der Waals surface area contributed by atoms with Crippen LogP contribution in [0.2, 0.25) is 0 Å². The zero-order chi connectivity index (χ0) is 17.8. The normalized spacial score (nSPS) is 18.7. The third-order valence-corrected chi connectivity index (χ3v) is 4.64. The van der Waals surface area contributed by atoms with Crippen molar-refractivity contribution < 1.29 is 9.53 Å². The van der Waals surface area contributed by atoms with Gasteiger partial charge < -0.3 is 10.5 Å². The van der Waals surface area contributed by atoms with Gasteiger partial charge in [-0.3, -0.25) is 9.69 Å². The Morgan fingerprint density at radius 2 is 2.04 bits per heavy atom. The van der Waals surface area contributed by atoms with Crippen LogP contribution >= 0.6 is 0 Å². The van der Waals surface area contributed by atoms with Crippen LogP contribution in [0.5, 0.6) is 5.75 Å². The van der Waals surface area contributed by atoms with Crippen LogP contribution in [0.15, 0.2) is 24.3 Å². The van der Waals surface area contributed by atoms with E-state index >= 15 is 0 Å². The summed E-state index contributed by atoms with van der Waals surface area (Å²) in [5, 5.41) is 4.55. The number of rotatable bonds is 5. The Bertz CT molecular complexity index is 726. The molecule has 25 heavy (non-hydrogen) atoms. The van der Waals surface area contributed by atoms with Gasteiger partial charge in [0.1, 0.15) is 11.6 Å². The molecule has 1 saturated heterocycles. The molecule has 2 aromatic rings. The minimum absolute atomic E-state index is 0.0482. The molecule has 0 radical (unpaired) electrons. The van der Waals surface area contributed by atoms with Crippen molar-refractivity contribution in [1.29, 1.82) is 0 Å². The number of primary amides is 1. The molecule has 1 aromatic heterocycles. The molecule has 2 heterocycles. The van der Waals surface area contributed by atoms with Gasteiger partial charge in [-0.2, -0.15) is 5.10 Å². The molecule has 1 atom stereocenters. The van der Waals surface area contributed by atoms with E-state index in [0.29, 0.717) is 5.82 Å². The average Bonchev–Trinajstić information content (AvgIpc) is 2.88. The lowest BCUT2D eigenvalue weighted by Gasteiger charge is -2.25. The summed E-state index contributed by atoms with van der Waals surface area (Å²) in [6, 6.07) is 7.86. The molecule has 7 nitrogen and oxygen atoms in total. The van der Waals surface area contributed by atoms with E-state index in [2.05, 4.69) is 22.0 Å². The number of hydrogen-bond acceptors (Lipinski definition) is 5. The number of hydrogen-bond donors (Lipinski definition) is 1. The molecule has 3 rings (SSSR count). The van der Waals surface area contributed by atoms with Gasteiger partial charge in [0.25, 0.3) is 0 Å². The van der Waals surface area contributed by atoms with E-state index in [1.165, 1.54) is 12.8 Å². The maximum absolute atomic E-state index is 11.3. The van der Waals surface area contributed by atoms with Crippen LogP contribution in [0, 0.1) is 0 Å². The molecule has 134 valence electrons. The fourth-order valence-corrected chi connectivity index (χ4v) is 3.31. The van der Waals surface area contributed by atoms with Crippen molar-refractivity contribution >= 4 is 5.91 Å². The molecule has 2 N–H and O–H groups in total. The predicted octanol–water partition coefficient (Wildman–Crippen LogP) is 1.85. The second-order valence-electron chi connectivity index (χ2n) is 6.48. The number of carbonyl (C=O) groups is 1. The van der Waals surface area contributed by atoms with E-state index in [-0.39, 0.29) is 12.5 Å². The van der Waals surface area contributed by atoms with E-state index < -0.39 is 5.91 Å². The second-order valence-corrected chi connectivity index (χ2v) is 6.48. The van der Waals surface area contributed by atoms with Gasteiger partial charge in [-0.25, -0.2) is 9.67 Å². The molecule has 0 bridgehead atoms. The highest BCUT2D eigenvalue weighted by Crippen LogP contribution is 2.29. The summed E-state index contributed by atoms with van der Waals surface area (Å²) in [5.41, 5.74) is 6.24. The van der Waals surface area contributed by atoms with Gasteiger partial charge in [0.2, 0.25) is 5.91 Å². The third kappa shape index (κ3) is 3.99. The molecule has 0 saturated carbocycles. The zero-order valence-electron chi connectivity index (χ0n) is 14.8. The van der Waals surface area contributed by atoms with Gasteiger partial charge in [-0.1, -0.05) is 12.8 Å². The first kappa shape index (κ1) is 17.4. The second kappa shape index (κ2) is 7.65. The number of nitrogens with zero attached hydrogens (tertiary/aromatic N) is 4. The summed E-state index contributed by atoms with van der Waals surface area (Å²) >= 11 is 0. The van der Waals surface area contributed by atoms with Crippen molar-refractivity contribution in [2.45, 2.75) is 38.1 Å². The minimum Gasteiger partial charge on any atom is -0.497 e. The third-order valence-electron chi connectivity index (χ3n) is 4.64. The van der Waals surface area contributed by atoms with Crippen LogP contribution in [0.25, 0.3) is 5.69 Å². The maximum Gasteiger partial charge on any atom is 0.225 e. The zero-order valence-corrected chi connectivity index (χ0v) is 14.8. The van der Waals surface area contributed by atoms with Crippen molar-refractivity contribution in [3.8, 4) is 11.4 Å².